The zero-order valence-corrected chi connectivity index (χ0v) is 17.2. The van der Waals surface area contributed by atoms with E-state index in [1.807, 2.05) is 18.2 Å². The van der Waals surface area contributed by atoms with E-state index < -0.39 is 0 Å². The summed E-state index contributed by atoms with van der Waals surface area (Å²) in [5, 5.41) is 3.13. The molecule has 29 heavy (non-hydrogen) atoms. The fraction of sp³-hybridized carbons (Fsp3) is 0.458. The molecule has 2 saturated heterocycles. The van der Waals surface area contributed by atoms with Gasteiger partial charge >= 0.3 is 0 Å². The minimum atomic E-state index is 0.0229. The normalized spacial score (nSPS) is 22.6. The highest BCUT2D eigenvalue weighted by molar-refractivity contribution is 5.94. The van der Waals surface area contributed by atoms with Crippen molar-refractivity contribution in [3.63, 3.8) is 0 Å². The Kier molecular flexibility index (Phi) is 6.47. The molecule has 5 heteroatoms. The van der Waals surface area contributed by atoms with E-state index >= 15 is 0 Å². The Labute approximate surface area is 173 Å². The summed E-state index contributed by atoms with van der Waals surface area (Å²) in [6.07, 6.45) is 1.41. The summed E-state index contributed by atoms with van der Waals surface area (Å²) >= 11 is 0. The smallest absolute Gasteiger partial charge is 0.251 e. The van der Waals surface area contributed by atoms with Crippen molar-refractivity contribution >= 4 is 11.6 Å². The summed E-state index contributed by atoms with van der Waals surface area (Å²) in [6.45, 7) is 8.54. The van der Waals surface area contributed by atoms with Gasteiger partial charge in [-0.25, -0.2) is 0 Å². The number of benzene rings is 2. The van der Waals surface area contributed by atoms with Crippen LogP contribution in [0.5, 0.6) is 0 Å². The summed E-state index contributed by atoms with van der Waals surface area (Å²) in [5.41, 5.74) is 3.25. The fourth-order valence-corrected chi connectivity index (χ4v) is 4.27. The van der Waals surface area contributed by atoms with Crippen LogP contribution in [0.15, 0.2) is 54.6 Å². The Bertz CT molecular complexity index is 794. The first-order valence-electron chi connectivity index (χ1n) is 10.7. The van der Waals surface area contributed by atoms with E-state index in [-0.39, 0.29) is 5.91 Å². The largest absolute Gasteiger partial charge is 0.376 e. The molecule has 0 bridgehead atoms. The number of anilines is 1. The summed E-state index contributed by atoms with van der Waals surface area (Å²) < 4.78 is 5.60. The van der Waals surface area contributed by atoms with Crippen LogP contribution in [0.25, 0.3) is 0 Å². The van der Waals surface area contributed by atoms with Crippen molar-refractivity contribution in [2.24, 2.45) is 5.92 Å². The Morgan fingerprint density at radius 2 is 1.86 bits per heavy atom. The zero-order chi connectivity index (χ0) is 20.1. The second kappa shape index (κ2) is 9.42. The number of carbonyl (C=O) groups is 1. The third-order valence-corrected chi connectivity index (χ3v) is 5.91. The molecule has 154 valence electrons. The topological polar surface area (TPSA) is 44.8 Å². The molecule has 4 rings (SSSR count). The number of hydrogen-bond acceptors (Lipinski definition) is 4. The maximum Gasteiger partial charge on any atom is 0.251 e. The molecule has 2 unspecified atom stereocenters. The third kappa shape index (κ3) is 5.37. The van der Waals surface area contributed by atoms with E-state index in [1.165, 1.54) is 11.3 Å². The first kappa shape index (κ1) is 19.9. The molecule has 5 nitrogen and oxygen atoms in total. The summed E-state index contributed by atoms with van der Waals surface area (Å²) in [6, 6.07) is 18.5. The third-order valence-electron chi connectivity index (χ3n) is 5.91. The van der Waals surface area contributed by atoms with Crippen LogP contribution in [0.3, 0.4) is 0 Å². The number of nitrogens with zero attached hydrogens (tertiary/aromatic N) is 2. The Balaban J connectivity index is 1.24. The highest BCUT2D eigenvalue weighted by atomic mass is 16.5. The standard InChI is InChI=1S/C24H31N3O2/c1-19-16-26(13-14-29-19)17-20-7-9-22(10-8-20)24(28)25-15-21-11-12-27(18-21)23-5-3-2-4-6-23/h2-10,19,21H,11-18H2,1H3,(H,25,28). The number of morpholine rings is 1. The van der Waals surface area contributed by atoms with Gasteiger partial charge in [0.15, 0.2) is 0 Å². The molecular weight excluding hydrogens is 362 g/mol. The van der Waals surface area contributed by atoms with Crippen molar-refractivity contribution in [2.45, 2.75) is 26.0 Å². The number of ether oxygens (including phenoxy) is 1. The molecule has 2 aliphatic heterocycles. The molecule has 2 heterocycles. The second-order valence-electron chi connectivity index (χ2n) is 8.26. The highest BCUT2D eigenvalue weighted by Gasteiger charge is 2.23. The van der Waals surface area contributed by atoms with Crippen molar-refractivity contribution < 1.29 is 9.53 Å². The molecule has 2 aromatic carbocycles. The van der Waals surface area contributed by atoms with Crippen LogP contribution < -0.4 is 10.2 Å². The van der Waals surface area contributed by atoms with E-state index in [0.29, 0.717) is 12.0 Å². The first-order chi connectivity index (χ1) is 14.2. The fourth-order valence-electron chi connectivity index (χ4n) is 4.27. The lowest BCUT2D eigenvalue weighted by molar-refractivity contribution is -0.0212. The molecule has 0 aliphatic carbocycles. The van der Waals surface area contributed by atoms with E-state index in [2.05, 4.69) is 58.4 Å². The molecule has 0 saturated carbocycles. The first-order valence-corrected chi connectivity index (χ1v) is 10.7. The SMILES string of the molecule is CC1CN(Cc2ccc(C(=O)NCC3CCN(c4ccccc4)C3)cc2)CCO1. The molecular formula is C24H31N3O2. The van der Waals surface area contributed by atoms with Crippen molar-refractivity contribution in [3.8, 4) is 0 Å². The Morgan fingerprint density at radius 1 is 1.07 bits per heavy atom. The summed E-state index contributed by atoms with van der Waals surface area (Å²) in [5.74, 6) is 0.524. The quantitative estimate of drug-likeness (QED) is 0.819. The van der Waals surface area contributed by atoms with Crippen molar-refractivity contribution in [1.82, 2.24) is 10.2 Å². The second-order valence-corrected chi connectivity index (χ2v) is 8.26. The van der Waals surface area contributed by atoms with Crippen molar-refractivity contribution in [1.29, 1.82) is 0 Å². The number of carbonyl (C=O) groups excluding carboxylic acids is 1. The minimum absolute atomic E-state index is 0.0229. The van der Waals surface area contributed by atoms with Crippen LogP contribution in [0.1, 0.15) is 29.3 Å². The van der Waals surface area contributed by atoms with Gasteiger partial charge in [0.25, 0.3) is 5.91 Å². The average Bonchev–Trinajstić information content (AvgIpc) is 3.22. The van der Waals surface area contributed by atoms with Gasteiger partial charge in [-0.2, -0.15) is 0 Å². The van der Waals surface area contributed by atoms with Gasteiger partial charge in [-0.15, -0.1) is 0 Å². The number of nitrogens with one attached hydrogen (secondary N) is 1. The van der Waals surface area contributed by atoms with Crippen LogP contribution in [0, 0.1) is 5.92 Å². The maximum atomic E-state index is 12.5. The lowest BCUT2D eigenvalue weighted by Crippen LogP contribution is -2.40. The Morgan fingerprint density at radius 3 is 2.62 bits per heavy atom. The van der Waals surface area contributed by atoms with Crippen LogP contribution in [0.4, 0.5) is 5.69 Å². The van der Waals surface area contributed by atoms with E-state index in [0.717, 1.165) is 57.9 Å². The van der Waals surface area contributed by atoms with Crippen LogP contribution in [-0.2, 0) is 11.3 Å². The Hall–Kier alpha value is -2.37. The minimum Gasteiger partial charge on any atom is -0.376 e. The molecule has 0 aromatic heterocycles. The number of rotatable bonds is 6. The molecule has 2 atom stereocenters. The van der Waals surface area contributed by atoms with Gasteiger partial charge in [-0.05, 0) is 49.1 Å². The number of para-hydroxylation sites is 1. The molecule has 2 aromatic rings. The number of hydrogen-bond donors (Lipinski definition) is 1. The lowest BCUT2D eigenvalue weighted by atomic mass is 10.1. The zero-order valence-electron chi connectivity index (χ0n) is 17.2. The van der Waals surface area contributed by atoms with E-state index in [1.54, 1.807) is 0 Å². The van der Waals surface area contributed by atoms with Gasteiger partial charge in [0.1, 0.15) is 0 Å². The van der Waals surface area contributed by atoms with Crippen molar-refractivity contribution in [2.75, 3.05) is 44.2 Å². The summed E-state index contributed by atoms with van der Waals surface area (Å²) in [7, 11) is 0. The van der Waals surface area contributed by atoms with Gasteiger partial charge in [-0.3, -0.25) is 9.69 Å². The van der Waals surface area contributed by atoms with Crippen LogP contribution >= 0.6 is 0 Å². The van der Waals surface area contributed by atoms with Gasteiger partial charge < -0.3 is 15.0 Å². The van der Waals surface area contributed by atoms with E-state index in [4.69, 9.17) is 4.74 Å². The monoisotopic (exact) mass is 393 g/mol. The highest BCUT2D eigenvalue weighted by Crippen LogP contribution is 2.23. The van der Waals surface area contributed by atoms with Crippen LogP contribution in [-0.4, -0.2) is 56.2 Å². The van der Waals surface area contributed by atoms with Gasteiger partial charge in [0.05, 0.1) is 12.7 Å². The molecule has 1 N–H and O–H groups in total. The molecule has 2 fully saturated rings. The molecule has 0 radical (unpaired) electrons. The van der Waals surface area contributed by atoms with Gasteiger partial charge in [-0.1, -0.05) is 30.3 Å². The number of amides is 1. The predicted octanol–water partition coefficient (Wildman–Crippen LogP) is 3.16. The van der Waals surface area contributed by atoms with Gasteiger partial charge in [0.2, 0.25) is 0 Å². The predicted molar refractivity (Wildman–Crippen MR) is 116 cm³/mol. The average molecular weight is 394 g/mol. The van der Waals surface area contributed by atoms with Crippen molar-refractivity contribution in [3.05, 3.63) is 65.7 Å². The maximum absolute atomic E-state index is 12.5. The van der Waals surface area contributed by atoms with Crippen LogP contribution in [0.2, 0.25) is 0 Å². The van der Waals surface area contributed by atoms with E-state index in [9.17, 15) is 4.79 Å². The summed E-state index contributed by atoms with van der Waals surface area (Å²) in [4.78, 5) is 17.4. The molecule has 1 amide bonds. The molecule has 2 aliphatic rings. The van der Waals surface area contributed by atoms with Gasteiger partial charge in [0, 0.05) is 50.5 Å². The lowest BCUT2D eigenvalue weighted by Gasteiger charge is -2.31. The molecule has 0 spiro atoms.